The van der Waals surface area contributed by atoms with Gasteiger partial charge in [0.2, 0.25) is 6.29 Å². The summed E-state index contributed by atoms with van der Waals surface area (Å²) >= 11 is 0. The van der Waals surface area contributed by atoms with Crippen molar-refractivity contribution < 1.29 is 64.1 Å². The van der Waals surface area contributed by atoms with Gasteiger partial charge in [-0.25, -0.2) is 10.1 Å². The maximum atomic E-state index is 10.8. The number of allylic oxidation sites excluding steroid dienone is 9. The van der Waals surface area contributed by atoms with E-state index in [0.29, 0.717) is 0 Å². The number of aliphatic hydroxyl groups is 5. The lowest BCUT2D eigenvalue weighted by Gasteiger charge is -2.46. The quantitative estimate of drug-likeness (QED) is 0.0685. The fourth-order valence-corrected chi connectivity index (χ4v) is 6.21. The van der Waals surface area contributed by atoms with Crippen molar-refractivity contribution in [1.82, 2.24) is 0 Å². The van der Waals surface area contributed by atoms with E-state index in [1.165, 1.54) is 44.3 Å². The Balaban J connectivity index is 1.63. The van der Waals surface area contributed by atoms with Gasteiger partial charge in [-0.1, -0.05) is 60.9 Å². The molecule has 0 amide bonds. The van der Waals surface area contributed by atoms with Crippen LogP contribution >= 0.6 is 0 Å². The molecular weight excluding hydrogens is 616 g/mol. The first kappa shape index (κ1) is 39.6. The summed E-state index contributed by atoms with van der Waals surface area (Å²) in [5.74, 6) is 0. The van der Waals surface area contributed by atoms with Gasteiger partial charge >= 0.3 is 0 Å². The molecule has 3 aliphatic rings. The van der Waals surface area contributed by atoms with E-state index in [-0.39, 0.29) is 12.0 Å². The first-order valence-electron chi connectivity index (χ1n) is 16.0. The third-order valence-corrected chi connectivity index (χ3v) is 8.96. The third kappa shape index (κ3) is 10.3. The Morgan fingerprint density at radius 2 is 1.57 bits per heavy atom. The lowest BCUT2D eigenvalue weighted by Crippen LogP contribution is -2.65. The van der Waals surface area contributed by atoms with Gasteiger partial charge in [0, 0.05) is 14.2 Å². The molecule has 2 saturated heterocycles. The highest BCUT2D eigenvalue weighted by molar-refractivity contribution is 5.37. The van der Waals surface area contributed by atoms with Crippen molar-refractivity contribution in [1.29, 1.82) is 0 Å². The Bertz CT molecular complexity index is 1140. The van der Waals surface area contributed by atoms with Gasteiger partial charge in [0.05, 0.1) is 13.2 Å². The minimum atomic E-state index is -1.64. The summed E-state index contributed by atoms with van der Waals surface area (Å²) in [6.07, 6.45) is 0.226. The molecule has 11 atom stereocenters. The zero-order valence-electron chi connectivity index (χ0n) is 28.4. The molecule has 2 aliphatic heterocycles. The van der Waals surface area contributed by atoms with Crippen molar-refractivity contribution >= 4 is 0 Å². The number of ether oxygens (including phenoxy) is 6. The van der Waals surface area contributed by atoms with Crippen LogP contribution in [-0.2, 0) is 33.3 Å². The fraction of sp³-hybridized carbons (Fsp3) is 0.706. The SMILES string of the molecule is COC1OC(CO)C(OC2OC(COC(/C=C(C)/C=C/C=C(C)/C=C/C3=C(C)CCCC3(C)C)OO)C(OC)C(O)C2O)C(O)C1O. The van der Waals surface area contributed by atoms with E-state index in [4.69, 9.17) is 28.4 Å². The molecule has 0 aromatic carbocycles. The largest absolute Gasteiger partial charge is 0.394 e. The van der Waals surface area contributed by atoms with Crippen LogP contribution in [0.4, 0.5) is 0 Å². The molecule has 0 spiro atoms. The van der Waals surface area contributed by atoms with E-state index in [2.05, 4.69) is 37.8 Å². The van der Waals surface area contributed by atoms with E-state index >= 15 is 0 Å². The highest BCUT2D eigenvalue weighted by atomic mass is 17.1. The zero-order chi connectivity index (χ0) is 34.9. The average Bonchev–Trinajstić information content (AvgIpc) is 3.03. The molecular formula is C34H54O13. The first-order chi connectivity index (χ1) is 22.3. The van der Waals surface area contributed by atoms with Gasteiger partial charge in [-0.2, -0.15) is 0 Å². The van der Waals surface area contributed by atoms with Crippen LogP contribution in [0.1, 0.15) is 53.9 Å². The fourth-order valence-electron chi connectivity index (χ4n) is 6.21. The molecule has 0 radical (unpaired) electrons. The van der Waals surface area contributed by atoms with Crippen molar-refractivity contribution in [2.45, 2.75) is 122 Å². The Morgan fingerprint density at radius 3 is 2.19 bits per heavy atom. The molecule has 13 heteroatoms. The second-order valence-corrected chi connectivity index (χ2v) is 13.0. The van der Waals surface area contributed by atoms with Crippen LogP contribution in [-0.4, -0.2) is 126 Å². The monoisotopic (exact) mass is 670 g/mol. The van der Waals surface area contributed by atoms with E-state index in [0.717, 1.165) is 17.6 Å². The number of aliphatic hydroxyl groups excluding tert-OH is 5. The molecule has 0 aromatic heterocycles. The average molecular weight is 671 g/mol. The number of hydrogen-bond acceptors (Lipinski definition) is 13. The van der Waals surface area contributed by atoms with Gasteiger partial charge in [-0.05, 0) is 57.1 Å². The van der Waals surface area contributed by atoms with Gasteiger partial charge in [0.25, 0.3) is 0 Å². The molecule has 3 rings (SSSR count). The number of methoxy groups -OCH3 is 2. The van der Waals surface area contributed by atoms with Crippen LogP contribution in [0.2, 0.25) is 0 Å². The Labute approximate surface area is 277 Å². The first-order valence-corrected chi connectivity index (χ1v) is 16.0. The van der Waals surface area contributed by atoms with Gasteiger partial charge in [-0.3, -0.25) is 0 Å². The summed E-state index contributed by atoms with van der Waals surface area (Å²) in [6.45, 7) is 9.72. The molecule has 13 nitrogen and oxygen atoms in total. The maximum Gasteiger partial charge on any atom is 0.210 e. The van der Waals surface area contributed by atoms with Gasteiger partial charge in [0.15, 0.2) is 12.6 Å². The smallest absolute Gasteiger partial charge is 0.210 e. The van der Waals surface area contributed by atoms with Crippen LogP contribution in [0.15, 0.2) is 58.7 Å². The van der Waals surface area contributed by atoms with Crippen LogP contribution in [0.25, 0.3) is 0 Å². The predicted molar refractivity (Wildman–Crippen MR) is 171 cm³/mol. The Hall–Kier alpha value is -1.82. The molecule has 2 fully saturated rings. The van der Waals surface area contributed by atoms with Crippen molar-refractivity contribution in [2.75, 3.05) is 27.4 Å². The predicted octanol–water partition coefficient (Wildman–Crippen LogP) is 2.28. The lowest BCUT2D eigenvalue weighted by atomic mass is 9.72. The second kappa shape index (κ2) is 18.3. The minimum Gasteiger partial charge on any atom is -0.394 e. The molecule has 0 aromatic rings. The second-order valence-electron chi connectivity index (χ2n) is 13.0. The summed E-state index contributed by atoms with van der Waals surface area (Å²) in [4.78, 5) is 4.49. The van der Waals surface area contributed by atoms with Crippen molar-refractivity contribution in [3.05, 3.63) is 58.7 Å². The Morgan fingerprint density at radius 1 is 0.915 bits per heavy atom. The topological polar surface area (TPSA) is 186 Å². The summed E-state index contributed by atoms with van der Waals surface area (Å²) in [7, 11) is 2.58. The minimum absolute atomic E-state index is 0.166. The van der Waals surface area contributed by atoms with Gasteiger partial charge < -0.3 is 54.0 Å². The molecule has 2 heterocycles. The molecule has 11 unspecified atom stereocenters. The maximum absolute atomic E-state index is 10.8. The normalized spacial score (nSPS) is 36.4. The van der Waals surface area contributed by atoms with E-state index in [9.17, 15) is 30.8 Å². The zero-order valence-corrected chi connectivity index (χ0v) is 28.4. The summed E-state index contributed by atoms with van der Waals surface area (Å²) < 4.78 is 33.1. The Kier molecular flexibility index (Phi) is 15.4. The molecule has 1 aliphatic carbocycles. The highest BCUT2D eigenvalue weighted by Gasteiger charge is 2.51. The summed E-state index contributed by atoms with van der Waals surface area (Å²) in [6, 6.07) is 0. The van der Waals surface area contributed by atoms with Crippen LogP contribution in [0.3, 0.4) is 0 Å². The molecule has 268 valence electrons. The van der Waals surface area contributed by atoms with Crippen LogP contribution in [0.5, 0.6) is 0 Å². The number of hydrogen-bond donors (Lipinski definition) is 6. The van der Waals surface area contributed by atoms with E-state index in [1.807, 2.05) is 25.2 Å². The van der Waals surface area contributed by atoms with Gasteiger partial charge in [-0.15, -0.1) is 0 Å². The summed E-state index contributed by atoms with van der Waals surface area (Å²) in [5, 5.41) is 61.7. The third-order valence-electron chi connectivity index (χ3n) is 8.96. The van der Waals surface area contributed by atoms with Crippen LogP contribution in [0, 0.1) is 5.41 Å². The summed E-state index contributed by atoms with van der Waals surface area (Å²) in [5.41, 5.74) is 4.79. The highest BCUT2D eigenvalue weighted by Crippen LogP contribution is 2.40. The van der Waals surface area contributed by atoms with Crippen LogP contribution < -0.4 is 0 Å². The molecule has 47 heavy (non-hydrogen) atoms. The molecule has 0 bridgehead atoms. The number of rotatable bonds is 14. The standard InChI is InChI=1S/C34H54O13/c1-19(13-14-22-21(3)12-9-15-34(22,4)5)10-8-11-20(2)16-25(47-40)43-18-24-30(41-6)26(36)29(39)33(45-24)46-31-23(17-35)44-32(42-7)28(38)27(31)37/h8,10-11,13-14,16,23-33,35-40H,9,12,15,17-18H2,1-7H3/b11-8+,14-13+,19-10+,20-16+. The van der Waals surface area contributed by atoms with Crippen molar-refractivity contribution in [3.8, 4) is 0 Å². The van der Waals surface area contributed by atoms with Crippen molar-refractivity contribution in [3.63, 3.8) is 0 Å². The van der Waals surface area contributed by atoms with E-state index < -0.39 is 74.3 Å². The van der Waals surface area contributed by atoms with Crippen molar-refractivity contribution in [2.24, 2.45) is 5.41 Å². The van der Waals surface area contributed by atoms with E-state index in [1.54, 1.807) is 6.92 Å². The molecule has 0 saturated carbocycles. The lowest BCUT2D eigenvalue weighted by molar-refractivity contribution is -0.368. The van der Waals surface area contributed by atoms with Gasteiger partial charge in [0.1, 0.15) is 48.8 Å². The molecule has 6 N–H and O–H groups in total.